The molecule has 0 saturated heterocycles. The van der Waals surface area contributed by atoms with Gasteiger partial charge >= 0.3 is 0 Å². The van der Waals surface area contributed by atoms with Crippen molar-refractivity contribution in [1.29, 1.82) is 0 Å². The normalized spacial score (nSPS) is 10.7. The summed E-state index contributed by atoms with van der Waals surface area (Å²) in [6.45, 7) is 0. The van der Waals surface area contributed by atoms with E-state index < -0.39 is 0 Å². The molecular weight excluding hydrogens is 274 g/mol. The Morgan fingerprint density at radius 1 is 1.25 bits per heavy atom. The van der Waals surface area contributed by atoms with Crippen molar-refractivity contribution in [2.75, 3.05) is 5.32 Å². The summed E-state index contributed by atoms with van der Waals surface area (Å²) in [4.78, 5) is 16.3. The first-order chi connectivity index (χ1) is 9.72. The standard InChI is InChI=1S/C15H12ClN3O/c16-12-4-1-3-11(9-12)10-14(20)18-13-5-2-7-19-8-6-17-15(13)19/h1-9H,10H2,(H,18,20). The van der Waals surface area contributed by atoms with E-state index in [0.29, 0.717) is 10.7 Å². The van der Waals surface area contributed by atoms with Crippen LogP contribution in [0.3, 0.4) is 0 Å². The lowest BCUT2D eigenvalue weighted by atomic mass is 10.1. The van der Waals surface area contributed by atoms with Crippen molar-refractivity contribution in [1.82, 2.24) is 9.38 Å². The molecule has 100 valence electrons. The zero-order valence-corrected chi connectivity index (χ0v) is 11.3. The zero-order chi connectivity index (χ0) is 13.9. The van der Waals surface area contributed by atoms with Gasteiger partial charge in [0.15, 0.2) is 5.65 Å². The Bertz CT molecular complexity index is 766. The number of rotatable bonds is 3. The molecule has 5 heteroatoms. The lowest BCUT2D eigenvalue weighted by Crippen LogP contribution is -2.15. The second-order valence-corrected chi connectivity index (χ2v) is 4.87. The van der Waals surface area contributed by atoms with Crippen molar-refractivity contribution < 1.29 is 4.79 Å². The Balaban J connectivity index is 1.77. The molecule has 0 aliphatic carbocycles. The van der Waals surface area contributed by atoms with Gasteiger partial charge in [0.2, 0.25) is 5.91 Å². The number of imidazole rings is 1. The smallest absolute Gasteiger partial charge is 0.228 e. The van der Waals surface area contributed by atoms with Gasteiger partial charge in [-0.25, -0.2) is 4.98 Å². The van der Waals surface area contributed by atoms with E-state index in [1.807, 2.05) is 41.1 Å². The van der Waals surface area contributed by atoms with E-state index in [0.717, 1.165) is 11.2 Å². The number of pyridine rings is 1. The van der Waals surface area contributed by atoms with E-state index in [-0.39, 0.29) is 12.3 Å². The highest BCUT2D eigenvalue weighted by atomic mass is 35.5. The molecule has 0 unspecified atom stereocenters. The Morgan fingerprint density at radius 2 is 2.15 bits per heavy atom. The molecule has 2 heterocycles. The van der Waals surface area contributed by atoms with Gasteiger partial charge in [0.1, 0.15) is 0 Å². The fraction of sp³-hybridized carbons (Fsp3) is 0.0667. The number of fused-ring (bicyclic) bond motifs is 1. The third-order valence-corrected chi connectivity index (χ3v) is 3.18. The average Bonchev–Trinajstić information content (AvgIpc) is 2.88. The molecule has 3 rings (SSSR count). The van der Waals surface area contributed by atoms with E-state index in [4.69, 9.17) is 11.6 Å². The summed E-state index contributed by atoms with van der Waals surface area (Å²) in [5.41, 5.74) is 2.31. The Kier molecular flexibility index (Phi) is 3.39. The molecule has 0 fully saturated rings. The first kappa shape index (κ1) is 12.7. The molecule has 4 nitrogen and oxygen atoms in total. The van der Waals surface area contributed by atoms with E-state index in [1.165, 1.54) is 0 Å². The van der Waals surface area contributed by atoms with Crippen LogP contribution in [0.5, 0.6) is 0 Å². The first-order valence-corrected chi connectivity index (χ1v) is 6.56. The van der Waals surface area contributed by atoms with E-state index in [1.54, 1.807) is 18.3 Å². The van der Waals surface area contributed by atoms with Gasteiger partial charge in [0, 0.05) is 23.6 Å². The van der Waals surface area contributed by atoms with Crippen molar-refractivity contribution in [3.05, 3.63) is 65.6 Å². The molecule has 0 aliphatic heterocycles. The highest BCUT2D eigenvalue weighted by Crippen LogP contribution is 2.16. The van der Waals surface area contributed by atoms with Crippen LogP contribution in [-0.4, -0.2) is 15.3 Å². The number of amides is 1. The molecule has 0 spiro atoms. The van der Waals surface area contributed by atoms with Gasteiger partial charge < -0.3 is 9.72 Å². The molecule has 20 heavy (non-hydrogen) atoms. The molecule has 0 radical (unpaired) electrons. The van der Waals surface area contributed by atoms with Gasteiger partial charge in [-0.3, -0.25) is 4.79 Å². The molecule has 3 aromatic rings. The summed E-state index contributed by atoms with van der Waals surface area (Å²) < 4.78 is 1.86. The summed E-state index contributed by atoms with van der Waals surface area (Å²) in [7, 11) is 0. The summed E-state index contributed by atoms with van der Waals surface area (Å²) in [5, 5.41) is 3.50. The minimum absolute atomic E-state index is 0.0941. The van der Waals surface area contributed by atoms with Crippen LogP contribution in [0, 0.1) is 0 Å². The zero-order valence-electron chi connectivity index (χ0n) is 10.6. The van der Waals surface area contributed by atoms with Crippen LogP contribution < -0.4 is 5.32 Å². The molecule has 0 bridgehead atoms. The number of carbonyl (C=O) groups excluding carboxylic acids is 1. The molecule has 1 aromatic carbocycles. The molecule has 2 aromatic heterocycles. The van der Waals surface area contributed by atoms with Gasteiger partial charge in [-0.05, 0) is 29.8 Å². The number of halogens is 1. The monoisotopic (exact) mass is 285 g/mol. The fourth-order valence-electron chi connectivity index (χ4n) is 2.07. The number of nitrogens with one attached hydrogen (secondary N) is 1. The summed E-state index contributed by atoms with van der Waals surface area (Å²) in [5.74, 6) is -0.0941. The number of carbonyl (C=O) groups is 1. The van der Waals surface area contributed by atoms with Crippen molar-refractivity contribution in [3.63, 3.8) is 0 Å². The number of anilines is 1. The average molecular weight is 286 g/mol. The van der Waals surface area contributed by atoms with Gasteiger partial charge in [-0.1, -0.05) is 23.7 Å². The number of nitrogens with zero attached hydrogens (tertiary/aromatic N) is 2. The van der Waals surface area contributed by atoms with Crippen LogP contribution in [0.2, 0.25) is 5.02 Å². The summed E-state index contributed by atoms with van der Waals surface area (Å²) >= 11 is 5.91. The number of aromatic nitrogens is 2. The number of hydrogen-bond donors (Lipinski definition) is 1. The van der Waals surface area contributed by atoms with E-state index >= 15 is 0 Å². The third-order valence-electron chi connectivity index (χ3n) is 2.95. The van der Waals surface area contributed by atoms with Crippen LogP contribution in [0.15, 0.2) is 55.0 Å². The van der Waals surface area contributed by atoms with Crippen molar-refractivity contribution in [3.8, 4) is 0 Å². The highest BCUT2D eigenvalue weighted by molar-refractivity contribution is 6.30. The predicted molar refractivity (Wildman–Crippen MR) is 79.0 cm³/mol. The molecule has 0 atom stereocenters. The van der Waals surface area contributed by atoms with Crippen LogP contribution >= 0.6 is 11.6 Å². The van der Waals surface area contributed by atoms with Gasteiger partial charge in [-0.2, -0.15) is 0 Å². The maximum Gasteiger partial charge on any atom is 0.228 e. The SMILES string of the molecule is O=C(Cc1cccc(Cl)c1)Nc1cccn2ccnc12. The maximum atomic E-state index is 12.1. The third kappa shape index (κ3) is 2.65. The first-order valence-electron chi connectivity index (χ1n) is 6.18. The lowest BCUT2D eigenvalue weighted by molar-refractivity contribution is -0.115. The fourth-order valence-corrected chi connectivity index (χ4v) is 2.29. The lowest BCUT2D eigenvalue weighted by Gasteiger charge is -2.07. The van der Waals surface area contributed by atoms with Gasteiger partial charge in [0.05, 0.1) is 12.1 Å². The Morgan fingerprint density at radius 3 is 3.00 bits per heavy atom. The van der Waals surface area contributed by atoms with E-state index in [9.17, 15) is 4.79 Å². The Labute approximate surface area is 121 Å². The van der Waals surface area contributed by atoms with Gasteiger partial charge in [-0.15, -0.1) is 0 Å². The van der Waals surface area contributed by atoms with Crippen LogP contribution in [0.4, 0.5) is 5.69 Å². The topological polar surface area (TPSA) is 46.4 Å². The number of hydrogen-bond acceptors (Lipinski definition) is 2. The quantitative estimate of drug-likeness (QED) is 0.803. The minimum Gasteiger partial charge on any atom is -0.323 e. The van der Waals surface area contributed by atoms with Crippen molar-refractivity contribution in [2.45, 2.75) is 6.42 Å². The molecule has 1 amide bonds. The van der Waals surface area contributed by atoms with E-state index in [2.05, 4.69) is 10.3 Å². The van der Waals surface area contributed by atoms with Crippen molar-refractivity contribution in [2.24, 2.45) is 0 Å². The molecule has 1 N–H and O–H groups in total. The largest absolute Gasteiger partial charge is 0.323 e. The van der Waals surface area contributed by atoms with Crippen LogP contribution in [0.25, 0.3) is 5.65 Å². The molecular formula is C15H12ClN3O. The summed E-state index contributed by atoms with van der Waals surface area (Å²) in [6, 6.07) is 11.0. The maximum absolute atomic E-state index is 12.1. The van der Waals surface area contributed by atoms with Gasteiger partial charge in [0.25, 0.3) is 0 Å². The molecule has 0 saturated carbocycles. The second-order valence-electron chi connectivity index (χ2n) is 4.43. The van der Waals surface area contributed by atoms with Crippen LogP contribution in [-0.2, 0) is 11.2 Å². The minimum atomic E-state index is -0.0941. The Hall–Kier alpha value is -2.33. The predicted octanol–water partition coefficient (Wildman–Crippen LogP) is 3.17. The molecule has 0 aliphatic rings. The summed E-state index contributed by atoms with van der Waals surface area (Å²) in [6.07, 6.45) is 5.70. The second kappa shape index (κ2) is 5.35. The van der Waals surface area contributed by atoms with Crippen molar-refractivity contribution >= 4 is 28.8 Å². The number of benzene rings is 1. The van der Waals surface area contributed by atoms with Crippen LogP contribution in [0.1, 0.15) is 5.56 Å². The highest BCUT2D eigenvalue weighted by Gasteiger charge is 2.08.